The monoisotopic (exact) mass is 496 g/mol. The quantitative estimate of drug-likeness (QED) is 0.479. The minimum Gasteiger partial charge on any atom is -0.507 e. The fraction of sp³-hybridized carbons (Fsp3) is 0.652. The predicted octanol–water partition coefficient (Wildman–Crippen LogP) is 3.96. The molecule has 0 atom stereocenters. The summed E-state index contributed by atoms with van der Waals surface area (Å²) in [5.74, 6) is 6.63. The first kappa shape index (κ1) is 21.9. The van der Waals surface area contributed by atoms with Gasteiger partial charge >= 0.3 is 0 Å². The molecule has 3 rings (SSSR count). The molecule has 2 aliphatic rings. The van der Waals surface area contributed by atoms with Crippen molar-refractivity contribution in [3.63, 3.8) is 0 Å². The Hall–Kier alpha value is -0.810. The summed E-state index contributed by atoms with van der Waals surface area (Å²) in [5.41, 5.74) is 1.00. The summed E-state index contributed by atoms with van der Waals surface area (Å²) in [7, 11) is 0. The summed E-state index contributed by atoms with van der Waals surface area (Å²) in [6, 6.07) is 4.60. The Balaban J connectivity index is 1.67. The van der Waals surface area contributed by atoms with E-state index in [4.69, 9.17) is 0 Å². The van der Waals surface area contributed by atoms with Gasteiger partial charge in [0.2, 0.25) is 0 Å². The van der Waals surface area contributed by atoms with Gasteiger partial charge in [0, 0.05) is 23.7 Å². The summed E-state index contributed by atoms with van der Waals surface area (Å²) in [4.78, 5) is 4.99. The van der Waals surface area contributed by atoms with Gasteiger partial charge in [0.25, 0.3) is 0 Å². The van der Waals surface area contributed by atoms with Crippen LogP contribution in [0.2, 0.25) is 0 Å². The summed E-state index contributed by atoms with van der Waals surface area (Å²) >= 11 is 2.18. The number of aromatic hydroxyl groups is 1. The first-order chi connectivity index (χ1) is 13.4. The summed E-state index contributed by atoms with van der Waals surface area (Å²) < 4.78 is 0.829. The van der Waals surface area contributed by atoms with Crippen molar-refractivity contribution in [3.05, 3.63) is 26.8 Å². The van der Waals surface area contributed by atoms with E-state index in [1.807, 2.05) is 12.1 Å². The number of benzene rings is 1. The van der Waals surface area contributed by atoms with Crippen molar-refractivity contribution in [2.45, 2.75) is 70.6 Å². The molecule has 0 amide bonds. The summed E-state index contributed by atoms with van der Waals surface area (Å²) in [6.07, 6.45) is 6.01. The molecule has 0 bridgehead atoms. The number of aliphatic hydroxyl groups is 1. The largest absolute Gasteiger partial charge is 0.507 e. The molecule has 5 heteroatoms. The zero-order valence-electron chi connectivity index (χ0n) is 17.2. The molecule has 1 aliphatic carbocycles. The van der Waals surface area contributed by atoms with E-state index >= 15 is 0 Å². The van der Waals surface area contributed by atoms with Crippen LogP contribution in [0.15, 0.2) is 12.1 Å². The number of hydrogen-bond donors (Lipinski definition) is 2. The molecule has 1 aromatic rings. The van der Waals surface area contributed by atoms with Gasteiger partial charge in [-0.15, -0.1) is 0 Å². The molecule has 1 saturated carbocycles. The Labute approximate surface area is 183 Å². The highest BCUT2D eigenvalue weighted by Gasteiger charge is 2.28. The van der Waals surface area contributed by atoms with E-state index in [-0.39, 0.29) is 0 Å². The van der Waals surface area contributed by atoms with Gasteiger partial charge < -0.3 is 15.1 Å². The number of rotatable bonds is 5. The Morgan fingerprint density at radius 1 is 1.18 bits per heavy atom. The lowest BCUT2D eigenvalue weighted by molar-refractivity contribution is 0.110. The number of likely N-dealkylation sites (tertiary alicyclic amines) is 1. The molecule has 1 heterocycles. The molecule has 4 nitrogen and oxygen atoms in total. The lowest BCUT2D eigenvalue weighted by atomic mass is 10.0. The van der Waals surface area contributed by atoms with Crippen LogP contribution >= 0.6 is 22.6 Å². The highest BCUT2D eigenvalue weighted by molar-refractivity contribution is 14.1. The van der Waals surface area contributed by atoms with Crippen LogP contribution in [-0.4, -0.2) is 57.8 Å². The smallest absolute Gasteiger partial charge is 0.133 e. The Morgan fingerprint density at radius 3 is 2.43 bits per heavy atom. The van der Waals surface area contributed by atoms with Gasteiger partial charge in [-0.3, -0.25) is 4.90 Å². The van der Waals surface area contributed by atoms with Gasteiger partial charge in [0.05, 0.1) is 3.57 Å². The van der Waals surface area contributed by atoms with Crippen molar-refractivity contribution >= 4 is 22.6 Å². The summed E-state index contributed by atoms with van der Waals surface area (Å²) in [6.45, 7) is 9.60. The second kappa shape index (κ2) is 9.80. The van der Waals surface area contributed by atoms with E-state index < -0.39 is 5.60 Å². The van der Waals surface area contributed by atoms with Gasteiger partial charge in [0.15, 0.2) is 0 Å². The number of nitrogens with zero attached hydrogens (tertiary/aromatic N) is 2. The molecule has 0 spiro atoms. The van der Waals surface area contributed by atoms with Crippen molar-refractivity contribution in [1.29, 1.82) is 0 Å². The zero-order chi connectivity index (χ0) is 20.1. The first-order valence-corrected chi connectivity index (χ1v) is 11.8. The van der Waals surface area contributed by atoms with Crippen molar-refractivity contribution in [3.8, 4) is 17.6 Å². The maximum Gasteiger partial charge on any atom is 0.133 e. The maximum atomic E-state index is 10.6. The van der Waals surface area contributed by atoms with Gasteiger partial charge in [-0.2, -0.15) is 0 Å². The molecule has 154 valence electrons. The number of piperidine rings is 1. The van der Waals surface area contributed by atoms with Crippen molar-refractivity contribution in [1.82, 2.24) is 9.80 Å². The third kappa shape index (κ3) is 5.41. The fourth-order valence-electron chi connectivity index (χ4n) is 4.55. The van der Waals surface area contributed by atoms with E-state index in [9.17, 15) is 10.2 Å². The van der Waals surface area contributed by atoms with E-state index in [1.54, 1.807) is 0 Å². The number of phenolic OH excluding ortho intramolecular Hbond substituents is 1. The van der Waals surface area contributed by atoms with Crippen LogP contribution in [0.25, 0.3) is 0 Å². The normalized spacial score (nSPS) is 20.3. The average molecular weight is 496 g/mol. The van der Waals surface area contributed by atoms with E-state index in [1.165, 1.54) is 12.8 Å². The lowest BCUT2D eigenvalue weighted by Gasteiger charge is -2.37. The second-order valence-corrected chi connectivity index (χ2v) is 9.35. The number of hydrogen-bond acceptors (Lipinski definition) is 4. The van der Waals surface area contributed by atoms with Crippen LogP contribution < -0.4 is 0 Å². The van der Waals surface area contributed by atoms with Crippen LogP contribution in [0.5, 0.6) is 5.75 Å². The average Bonchev–Trinajstić information content (AvgIpc) is 3.13. The topological polar surface area (TPSA) is 46.9 Å². The van der Waals surface area contributed by atoms with Gasteiger partial charge in [0.1, 0.15) is 11.4 Å². The first-order valence-electron chi connectivity index (χ1n) is 10.7. The molecule has 1 aliphatic heterocycles. The van der Waals surface area contributed by atoms with Crippen molar-refractivity contribution in [2.75, 3.05) is 26.2 Å². The van der Waals surface area contributed by atoms with E-state index in [2.05, 4.69) is 58.1 Å². The Bertz CT molecular complexity index is 722. The minimum atomic E-state index is -0.824. The van der Waals surface area contributed by atoms with E-state index in [0.29, 0.717) is 11.8 Å². The van der Waals surface area contributed by atoms with Gasteiger partial charge in [-0.05, 0) is 99.4 Å². The molecule has 0 unspecified atom stereocenters. The van der Waals surface area contributed by atoms with Crippen molar-refractivity contribution < 1.29 is 10.2 Å². The Morgan fingerprint density at radius 2 is 1.82 bits per heavy atom. The van der Waals surface area contributed by atoms with Crippen LogP contribution in [0.4, 0.5) is 0 Å². The standard InChI is InChI=1S/C23H33IN2O2/c1-3-26(4-2)20-8-13-25(14-9-20)17-19-15-18(16-21(24)22(19)27)7-12-23(28)10-5-6-11-23/h15-16,20,27-28H,3-6,8-11,13-14,17H2,1-2H3. The van der Waals surface area contributed by atoms with Crippen LogP contribution in [-0.2, 0) is 6.54 Å². The SMILES string of the molecule is CCN(CC)C1CCN(Cc2cc(C#CC3(O)CCCC3)cc(I)c2O)CC1. The number of halogens is 1. The molecule has 28 heavy (non-hydrogen) atoms. The van der Waals surface area contributed by atoms with E-state index in [0.717, 1.165) is 73.1 Å². The van der Waals surface area contributed by atoms with Crippen LogP contribution in [0, 0.1) is 15.4 Å². The zero-order valence-corrected chi connectivity index (χ0v) is 19.3. The third-order valence-electron chi connectivity index (χ3n) is 6.29. The predicted molar refractivity (Wildman–Crippen MR) is 122 cm³/mol. The highest BCUT2D eigenvalue weighted by Crippen LogP contribution is 2.30. The lowest BCUT2D eigenvalue weighted by Crippen LogP contribution is -2.44. The molecule has 0 aromatic heterocycles. The van der Waals surface area contributed by atoms with Crippen LogP contribution in [0.3, 0.4) is 0 Å². The Kier molecular flexibility index (Phi) is 7.66. The molecule has 2 N–H and O–H groups in total. The van der Waals surface area contributed by atoms with Crippen molar-refractivity contribution in [2.24, 2.45) is 0 Å². The fourth-order valence-corrected chi connectivity index (χ4v) is 5.23. The maximum absolute atomic E-state index is 10.6. The minimum absolute atomic E-state index is 0.372. The molecular weight excluding hydrogens is 463 g/mol. The van der Waals surface area contributed by atoms with Gasteiger partial charge in [-0.25, -0.2) is 0 Å². The molecular formula is C23H33IN2O2. The molecule has 0 radical (unpaired) electrons. The molecule has 1 aromatic carbocycles. The third-order valence-corrected chi connectivity index (χ3v) is 7.11. The van der Waals surface area contributed by atoms with Gasteiger partial charge in [-0.1, -0.05) is 25.7 Å². The second-order valence-electron chi connectivity index (χ2n) is 8.18. The highest BCUT2D eigenvalue weighted by atomic mass is 127. The van der Waals surface area contributed by atoms with Crippen LogP contribution in [0.1, 0.15) is 63.5 Å². The summed E-state index contributed by atoms with van der Waals surface area (Å²) in [5, 5.41) is 21.0. The number of phenols is 1. The molecule has 2 fully saturated rings. The molecule has 1 saturated heterocycles.